The summed E-state index contributed by atoms with van der Waals surface area (Å²) in [5.41, 5.74) is 0. The Kier molecular flexibility index (Phi) is 11.6. The fourth-order valence-corrected chi connectivity index (χ4v) is 2.40. The molecule has 0 amide bonds. The highest BCUT2D eigenvalue weighted by Gasteiger charge is 2.06. The first-order chi connectivity index (χ1) is 12.0. The molecule has 142 valence electrons. The minimum atomic E-state index is -0.303. The van der Waals surface area contributed by atoms with E-state index in [4.69, 9.17) is 25.4 Å². The van der Waals surface area contributed by atoms with Gasteiger partial charge in [0.15, 0.2) is 5.78 Å². The Balaban J connectivity index is 1.96. The summed E-state index contributed by atoms with van der Waals surface area (Å²) < 4.78 is 19.5. The van der Waals surface area contributed by atoms with E-state index in [0.717, 1.165) is 24.4 Å². The summed E-state index contributed by atoms with van der Waals surface area (Å²) in [7, 11) is -0.303. The van der Waals surface area contributed by atoms with Crippen LogP contribution in [0.4, 0.5) is 5.82 Å². The van der Waals surface area contributed by atoms with Crippen molar-refractivity contribution in [1.29, 1.82) is 0 Å². The molecule has 1 heterocycles. The summed E-state index contributed by atoms with van der Waals surface area (Å²) in [5.74, 6) is 1.66. The van der Waals surface area contributed by atoms with Crippen molar-refractivity contribution >= 4 is 32.4 Å². The molecule has 6 nitrogen and oxygen atoms in total. The molecule has 1 N–H and O–H groups in total. The van der Waals surface area contributed by atoms with E-state index in [0.29, 0.717) is 26.4 Å². The first kappa shape index (κ1) is 22.0. The number of nitrogens with one attached hydrogen (secondary N) is 1. The second kappa shape index (κ2) is 13.2. The number of hydrogen-bond acceptors (Lipinski definition) is 6. The lowest BCUT2D eigenvalue weighted by molar-refractivity contribution is -0.126. The Morgan fingerprint density at radius 1 is 1.20 bits per heavy atom. The largest absolute Gasteiger partial charge is 0.492 e. The van der Waals surface area contributed by atoms with Gasteiger partial charge >= 0.3 is 0 Å². The second-order valence-corrected chi connectivity index (χ2v) is 8.39. The van der Waals surface area contributed by atoms with E-state index >= 15 is 0 Å². The molecule has 0 aromatic carbocycles. The molecule has 0 aliphatic rings. The fraction of sp³-hybridized carbons (Fsp3) is 0.647. The zero-order chi connectivity index (χ0) is 18.5. The van der Waals surface area contributed by atoms with Gasteiger partial charge in [0, 0.05) is 38.4 Å². The smallest absolute Gasteiger partial charge is 0.160 e. The third-order valence-electron chi connectivity index (χ3n) is 3.15. The van der Waals surface area contributed by atoms with Gasteiger partial charge < -0.3 is 18.9 Å². The first-order valence-electron chi connectivity index (χ1n) is 8.36. The molecule has 1 atom stereocenters. The maximum absolute atomic E-state index is 11.4. The molecule has 25 heavy (non-hydrogen) atoms. The molecule has 1 rings (SSSR count). The van der Waals surface area contributed by atoms with Gasteiger partial charge in [-0.25, -0.2) is 4.98 Å². The average Bonchev–Trinajstić information content (AvgIpc) is 2.57. The number of carbonyl (C=O) groups is 1. The Bertz CT molecular complexity index is 524. The molecule has 0 saturated carbocycles. The Morgan fingerprint density at radius 2 is 1.88 bits per heavy atom. The van der Waals surface area contributed by atoms with Crippen LogP contribution < -0.4 is 9.46 Å². The molecule has 0 aliphatic carbocycles. The Hall–Kier alpha value is -1.09. The summed E-state index contributed by atoms with van der Waals surface area (Å²) in [6.07, 6.45) is 5.18. The topological polar surface area (TPSA) is 69.7 Å². The van der Waals surface area contributed by atoms with Crippen molar-refractivity contribution in [2.24, 2.45) is 5.92 Å². The van der Waals surface area contributed by atoms with Gasteiger partial charge in [-0.2, -0.15) is 0 Å². The van der Waals surface area contributed by atoms with Crippen molar-refractivity contribution < 1.29 is 19.0 Å². The molecule has 8 heteroatoms. The maximum atomic E-state index is 11.4. The van der Waals surface area contributed by atoms with Gasteiger partial charge in [0.05, 0.1) is 12.8 Å². The van der Waals surface area contributed by atoms with E-state index in [9.17, 15) is 4.79 Å². The van der Waals surface area contributed by atoms with Crippen LogP contribution in [0.3, 0.4) is 0 Å². The summed E-state index contributed by atoms with van der Waals surface area (Å²) in [6, 6.07) is 3.72. The Morgan fingerprint density at radius 3 is 2.48 bits per heavy atom. The van der Waals surface area contributed by atoms with Crippen LogP contribution in [0.15, 0.2) is 18.3 Å². The molecule has 0 bridgehead atoms. The number of anilines is 1. The van der Waals surface area contributed by atoms with E-state index in [-0.39, 0.29) is 27.9 Å². The number of nitrogens with zero attached hydrogens (tertiary/aromatic N) is 1. The number of Topliss-reactive ketones (excluding diaryl/α,β-unsaturated/α-hetero) is 1. The molecule has 0 radical (unpaired) electrons. The van der Waals surface area contributed by atoms with Gasteiger partial charge in [-0.05, 0) is 39.4 Å². The fourth-order valence-electron chi connectivity index (χ4n) is 1.73. The van der Waals surface area contributed by atoms with Crippen LogP contribution >= 0.6 is 0 Å². The van der Waals surface area contributed by atoms with Gasteiger partial charge in [0.1, 0.15) is 18.2 Å². The van der Waals surface area contributed by atoms with Gasteiger partial charge in [0.2, 0.25) is 0 Å². The second-order valence-electron chi connectivity index (χ2n) is 5.78. The van der Waals surface area contributed by atoms with Crippen LogP contribution in [-0.2, 0) is 35.1 Å². The lowest BCUT2D eigenvalue weighted by Crippen LogP contribution is -2.15. The molecule has 1 unspecified atom stereocenters. The molecule has 0 fully saturated rings. The lowest BCUT2D eigenvalue weighted by Gasteiger charge is -2.08. The van der Waals surface area contributed by atoms with Crippen LogP contribution in [0, 0.1) is 5.92 Å². The monoisotopic (exact) mass is 388 g/mol. The van der Waals surface area contributed by atoms with Crippen LogP contribution in [0.2, 0.25) is 0 Å². The number of rotatable bonds is 14. The highest BCUT2D eigenvalue weighted by atomic mass is 32.8. The highest BCUT2D eigenvalue weighted by molar-refractivity contribution is 8.29. The van der Waals surface area contributed by atoms with Gasteiger partial charge in [0.25, 0.3) is 0 Å². The van der Waals surface area contributed by atoms with Gasteiger partial charge in [-0.1, -0.05) is 13.8 Å². The van der Waals surface area contributed by atoms with Crippen molar-refractivity contribution in [2.75, 3.05) is 44.0 Å². The Labute approximate surface area is 157 Å². The lowest BCUT2D eigenvalue weighted by atomic mass is 10.1. The van der Waals surface area contributed by atoms with E-state index < -0.39 is 0 Å². The van der Waals surface area contributed by atoms with E-state index in [1.807, 2.05) is 32.2 Å². The zero-order valence-electron chi connectivity index (χ0n) is 15.2. The third-order valence-corrected chi connectivity index (χ3v) is 3.90. The minimum absolute atomic E-state index is 0.0320. The number of pyridine rings is 1. The van der Waals surface area contributed by atoms with E-state index in [2.05, 4.69) is 9.71 Å². The normalized spacial score (nSPS) is 12.2. The van der Waals surface area contributed by atoms with E-state index in [1.54, 1.807) is 6.20 Å². The third kappa shape index (κ3) is 11.2. The maximum Gasteiger partial charge on any atom is 0.160 e. The summed E-state index contributed by atoms with van der Waals surface area (Å²) in [5, 5.41) is 0. The number of hydrogen-bond donors (Lipinski definition) is 1. The number of ketones is 1. The quantitative estimate of drug-likeness (QED) is 0.491. The molecule has 1 aromatic rings. The van der Waals surface area contributed by atoms with Gasteiger partial charge in [-0.15, -0.1) is 0 Å². The molecular weight excluding hydrogens is 360 g/mol. The summed E-state index contributed by atoms with van der Waals surface area (Å²) >= 11 is 5.07. The first-order valence-corrected chi connectivity index (χ1v) is 10.9. The minimum Gasteiger partial charge on any atom is -0.492 e. The standard InChI is InChI=1S/C17H28N2O4S2/c1-14(2)16(20)13-22-10-4-8-21-9-5-11-23-15-6-7-17(18-12-15)19-25(3)24/h6-7,12,14H,4-5,8-11,13H2,1-3H3,(H,18,19). The van der Waals surface area contributed by atoms with Crippen molar-refractivity contribution in [1.82, 2.24) is 4.98 Å². The predicted molar refractivity (Wildman–Crippen MR) is 105 cm³/mol. The average molecular weight is 389 g/mol. The van der Waals surface area contributed by atoms with Crippen LogP contribution in [0.1, 0.15) is 26.7 Å². The van der Waals surface area contributed by atoms with Crippen molar-refractivity contribution in [3.63, 3.8) is 0 Å². The SMILES string of the molecule is CC(C)C(=O)COCCCOCCCOc1ccc(NS(C)=S)nc1. The van der Waals surface area contributed by atoms with Crippen LogP contribution in [0.25, 0.3) is 0 Å². The molecule has 1 aromatic heterocycles. The van der Waals surface area contributed by atoms with Crippen molar-refractivity contribution in [3.05, 3.63) is 18.3 Å². The van der Waals surface area contributed by atoms with E-state index in [1.165, 1.54) is 0 Å². The predicted octanol–water partition coefficient (Wildman–Crippen LogP) is 2.54. The molecule has 0 saturated heterocycles. The number of aromatic nitrogens is 1. The molecule has 0 spiro atoms. The number of ether oxygens (including phenoxy) is 3. The molecule has 0 aliphatic heterocycles. The highest BCUT2D eigenvalue weighted by Crippen LogP contribution is 2.12. The number of carbonyl (C=O) groups excluding carboxylic acids is 1. The summed E-state index contributed by atoms with van der Waals surface area (Å²) in [6.45, 7) is 6.32. The molecular formula is C17H28N2O4S2. The van der Waals surface area contributed by atoms with Crippen molar-refractivity contribution in [2.45, 2.75) is 26.7 Å². The van der Waals surface area contributed by atoms with Crippen molar-refractivity contribution in [3.8, 4) is 5.75 Å². The van der Waals surface area contributed by atoms with Crippen LogP contribution in [-0.4, -0.2) is 50.1 Å². The van der Waals surface area contributed by atoms with Gasteiger partial charge in [-0.3, -0.25) is 4.79 Å². The zero-order valence-corrected chi connectivity index (χ0v) is 16.8. The van der Waals surface area contributed by atoms with Crippen LogP contribution in [0.5, 0.6) is 5.75 Å². The summed E-state index contributed by atoms with van der Waals surface area (Å²) in [4.78, 5) is 15.6.